The second-order valence-corrected chi connectivity index (χ2v) is 9.69. The lowest BCUT2D eigenvalue weighted by molar-refractivity contribution is -0.117. The minimum absolute atomic E-state index is 0.0746. The summed E-state index contributed by atoms with van der Waals surface area (Å²) >= 11 is 0. The van der Waals surface area contributed by atoms with E-state index >= 15 is 0 Å². The number of benzodiazepines with no additional fused rings is 1. The summed E-state index contributed by atoms with van der Waals surface area (Å²) in [6.07, 6.45) is 9.67. The van der Waals surface area contributed by atoms with Gasteiger partial charge in [-0.2, -0.15) is 0 Å². The molecule has 0 bridgehead atoms. The molecule has 200 valence electrons. The number of amides is 2. The van der Waals surface area contributed by atoms with Crippen molar-refractivity contribution in [1.82, 2.24) is 4.90 Å². The lowest BCUT2D eigenvalue weighted by atomic mass is 9.95. The number of halogens is 1. The third-order valence-corrected chi connectivity index (χ3v) is 7.13. The summed E-state index contributed by atoms with van der Waals surface area (Å²) in [6.45, 7) is 6.54. The van der Waals surface area contributed by atoms with Gasteiger partial charge in [-0.05, 0) is 50.1 Å². The third kappa shape index (κ3) is 7.18. The van der Waals surface area contributed by atoms with E-state index in [0.717, 1.165) is 18.4 Å². The largest absolute Gasteiger partial charge is 0.465 e. The molecule has 1 saturated carbocycles. The third-order valence-electron chi connectivity index (χ3n) is 7.13. The fraction of sp³-hybridized carbons (Fsp3) is 0.500. The molecule has 1 aliphatic heterocycles. The van der Waals surface area contributed by atoms with Crippen molar-refractivity contribution >= 4 is 23.4 Å². The summed E-state index contributed by atoms with van der Waals surface area (Å²) in [5, 5.41) is 9.70. The fourth-order valence-electron chi connectivity index (χ4n) is 4.94. The molecule has 1 fully saturated rings. The molecule has 2 amide bonds. The highest BCUT2D eigenvalue weighted by Gasteiger charge is 2.28. The van der Waals surface area contributed by atoms with Crippen LogP contribution in [-0.4, -0.2) is 47.4 Å². The minimum atomic E-state index is -0.982. The summed E-state index contributed by atoms with van der Waals surface area (Å²) in [5.41, 5.74) is 2.77. The quantitative estimate of drug-likeness (QED) is 0.428. The van der Waals surface area contributed by atoms with Gasteiger partial charge in [0.05, 0.1) is 17.4 Å². The summed E-state index contributed by atoms with van der Waals surface area (Å²) < 4.78 is 14.6. The summed E-state index contributed by atoms with van der Waals surface area (Å²) in [4.78, 5) is 32.0. The van der Waals surface area contributed by atoms with E-state index in [1.165, 1.54) is 49.5 Å². The van der Waals surface area contributed by atoms with Gasteiger partial charge in [-0.3, -0.25) is 9.79 Å². The van der Waals surface area contributed by atoms with E-state index in [4.69, 9.17) is 0 Å². The van der Waals surface area contributed by atoms with Gasteiger partial charge in [0.2, 0.25) is 5.91 Å². The Morgan fingerprint density at radius 1 is 1.05 bits per heavy atom. The SMILES string of the molecule is C1CCCCC1.CCCCN(C(=O)O)C(C)c1ccc2c(c1)C(c1ccccc1F)=NCC(=O)N2CC. The molecular formula is C30H40FN3O3. The van der Waals surface area contributed by atoms with Crippen molar-refractivity contribution in [1.29, 1.82) is 0 Å². The van der Waals surface area contributed by atoms with Gasteiger partial charge in [0.15, 0.2) is 0 Å². The molecule has 37 heavy (non-hydrogen) atoms. The summed E-state index contributed by atoms with van der Waals surface area (Å²) in [7, 11) is 0. The first-order valence-electron chi connectivity index (χ1n) is 13.6. The Bertz CT molecular complexity index is 1090. The van der Waals surface area contributed by atoms with Crippen molar-refractivity contribution < 1.29 is 19.1 Å². The molecule has 6 nitrogen and oxygen atoms in total. The van der Waals surface area contributed by atoms with Gasteiger partial charge in [0.25, 0.3) is 0 Å². The van der Waals surface area contributed by atoms with Crippen LogP contribution in [0, 0.1) is 5.82 Å². The molecule has 0 radical (unpaired) electrons. The van der Waals surface area contributed by atoms with Crippen LogP contribution in [-0.2, 0) is 4.79 Å². The average molecular weight is 510 g/mol. The van der Waals surface area contributed by atoms with Crippen molar-refractivity contribution in [3.63, 3.8) is 0 Å². The second kappa shape index (κ2) is 13.9. The van der Waals surface area contributed by atoms with Gasteiger partial charge in [0.1, 0.15) is 12.4 Å². The minimum Gasteiger partial charge on any atom is -0.465 e. The molecule has 2 aromatic carbocycles. The number of nitrogens with zero attached hydrogens (tertiary/aromatic N) is 3. The van der Waals surface area contributed by atoms with Gasteiger partial charge in [-0.25, -0.2) is 9.18 Å². The van der Waals surface area contributed by atoms with Crippen molar-refractivity contribution in [2.45, 2.75) is 78.2 Å². The highest BCUT2D eigenvalue weighted by molar-refractivity contribution is 6.19. The second-order valence-electron chi connectivity index (χ2n) is 9.69. The maximum atomic E-state index is 14.6. The van der Waals surface area contributed by atoms with E-state index in [0.29, 0.717) is 35.6 Å². The lowest BCUT2D eigenvalue weighted by Crippen LogP contribution is -2.34. The molecule has 1 heterocycles. The molecule has 0 spiro atoms. The van der Waals surface area contributed by atoms with Crippen LogP contribution in [0.1, 0.15) is 94.9 Å². The van der Waals surface area contributed by atoms with E-state index in [2.05, 4.69) is 4.99 Å². The average Bonchev–Trinajstić information content (AvgIpc) is 3.05. The molecular weight excluding hydrogens is 469 g/mol. The number of carboxylic acid groups (broad SMARTS) is 1. The van der Waals surface area contributed by atoms with E-state index in [1.807, 2.05) is 39.0 Å². The predicted molar refractivity (Wildman–Crippen MR) is 147 cm³/mol. The number of unbranched alkanes of at least 4 members (excludes halogenated alkanes) is 1. The van der Waals surface area contributed by atoms with Crippen LogP contribution in [0.3, 0.4) is 0 Å². The molecule has 1 aliphatic carbocycles. The number of likely N-dealkylation sites (N-methyl/N-ethyl adjacent to an activating group) is 1. The number of fused-ring (bicyclic) bond motifs is 1. The molecule has 0 saturated heterocycles. The fourth-order valence-corrected chi connectivity index (χ4v) is 4.94. The van der Waals surface area contributed by atoms with E-state index in [1.54, 1.807) is 23.1 Å². The number of rotatable bonds is 7. The van der Waals surface area contributed by atoms with Gasteiger partial charge in [-0.1, -0.05) is 70.1 Å². The first-order valence-corrected chi connectivity index (χ1v) is 13.6. The van der Waals surface area contributed by atoms with Gasteiger partial charge in [0, 0.05) is 24.2 Å². The first kappa shape index (κ1) is 28.4. The Labute approximate surface area is 220 Å². The van der Waals surface area contributed by atoms with Gasteiger partial charge >= 0.3 is 6.09 Å². The summed E-state index contributed by atoms with van der Waals surface area (Å²) in [5.74, 6) is -0.579. The van der Waals surface area contributed by atoms with Crippen molar-refractivity contribution in [3.05, 3.63) is 65.0 Å². The number of benzene rings is 2. The Kier molecular flexibility index (Phi) is 10.7. The van der Waals surface area contributed by atoms with Crippen LogP contribution in [0.2, 0.25) is 0 Å². The van der Waals surface area contributed by atoms with Crippen molar-refractivity contribution in [2.75, 3.05) is 24.5 Å². The lowest BCUT2D eigenvalue weighted by Gasteiger charge is -2.28. The van der Waals surface area contributed by atoms with Gasteiger partial charge in [-0.15, -0.1) is 0 Å². The van der Waals surface area contributed by atoms with Crippen molar-refractivity contribution in [2.24, 2.45) is 4.99 Å². The Morgan fingerprint density at radius 2 is 1.70 bits per heavy atom. The zero-order chi connectivity index (χ0) is 26.8. The Morgan fingerprint density at radius 3 is 2.27 bits per heavy atom. The number of carbonyl (C=O) groups is 2. The highest BCUT2D eigenvalue weighted by atomic mass is 19.1. The molecule has 1 N–H and O–H groups in total. The van der Waals surface area contributed by atoms with E-state index in [9.17, 15) is 19.1 Å². The molecule has 2 aromatic rings. The predicted octanol–water partition coefficient (Wildman–Crippen LogP) is 7.21. The smallest absolute Gasteiger partial charge is 0.407 e. The Balaban J connectivity index is 0.000000555. The van der Waals surface area contributed by atoms with Gasteiger partial charge < -0.3 is 14.9 Å². The van der Waals surface area contributed by atoms with Crippen LogP contribution in [0.4, 0.5) is 14.9 Å². The standard InChI is InChI=1S/C24H28FN3O3.C6H12/c1-4-6-13-28(24(30)31)16(3)17-11-12-21-19(14-17)23(18-9-7-8-10-20(18)25)26-15-22(29)27(21)5-2;1-2-4-6-5-3-1/h7-12,14,16H,4-6,13,15H2,1-3H3,(H,30,31);1-6H2. The zero-order valence-electron chi connectivity index (χ0n) is 22.4. The topological polar surface area (TPSA) is 73.2 Å². The summed E-state index contributed by atoms with van der Waals surface area (Å²) in [6, 6.07) is 11.4. The number of hydrogen-bond donors (Lipinski definition) is 1. The molecule has 0 aromatic heterocycles. The Hall–Kier alpha value is -3.22. The van der Waals surface area contributed by atoms with Crippen LogP contribution >= 0.6 is 0 Å². The number of aliphatic imine (C=N–C) groups is 1. The number of hydrogen-bond acceptors (Lipinski definition) is 3. The van der Waals surface area contributed by atoms with Crippen LogP contribution in [0.5, 0.6) is 0 Å². The maximum Gasteiger partial charge on any atom is 0.407 e. The van der Waals surface area contributed by atoms with E-state index < -0.39 is 18.0 Å². The molecule has 1 unspecified atom stereocenters. The normalized spacial score (nSPS) is 16.1. The maximum absolute atomic E-state index is 14.6. The van der Waals surface area contributed by atoms with Crippen LogP contribution in [0.25, 0.3) is 0 Å². The van der Waals surface area contributed by atoms with Crippen LogP contribution in [0.15, 0.2) is 47.5 Å². The monoisotopic (exact) mass is 509 g/mol. The molecule has 2 aliphatic rings. The molecule has 7 heteroatoms. The van der Waals surface area contributed by atoms with Crippen molar-refractivity contribution in [3.8, 4) is 0 Å². The van der Waals surface area contributed by atoms with E-state index in [-0.39, 0.29) is 12.5 Å². The molecule has 1 atom stereocenters. The number of carbonyl (C=O) groups excluding carboxylic acids is 1. The number of anilines is 1. The van der Waals surface area contributed by atoms with Crippen LogP contribution < -0.4 is 4.90 Å². The first-order chi connectivity index (χ1) is 17.9. The molecule has 4 rings (SSSR count). The zero-order valence-corrected chi connectivity index (χ0v) is 22.4. The highest BCUT2D eigenvalue weighted by Crippen LogP contribution is 2.32.